The minimum atomic E-state index is -1.04. The van der Waals surface area contributed by atoms with Crippen LogP contribution in [0.25, 0.3) is 0 Å². The summed E-state index contributed by atoms with van der Waals surface area (Å²) in [5.41, 5.74) is 4.89. The van der Waals surface area contributed by atoms with Gasteiger partial charge in [-0.3, -0.25) is 0 Å². The van der Waals surface area contributed by atoms with Crippen LogP contribution < -0.4 is 0 Å². The Labute approximate surface area is 117 Å². The highest BCUT2D eigenvalue weighted by atomic mass is 28.3. The Hall–Kier alpha value is -1.64. The van der Waals surface area contributed by atoms with Crippen LogP contribution in [0.5, 0.6) is 0 Å². The van der Waals surface area contributed by atoms with E-state index in [-0.39, 0.29) is 0 Å². The summed E-state index contributed by atoms with van der Waals surface area (Å²) in [5.74, 6) is 0. The highest BCUT2D eigenvalue weighted by Crippen LogP contribution is 2.12. The van der Waals surface area contributed by atoms with Gasteiger partial charge in [-0.1, -0.05) is 72.9 Å². The molecule has 0 N–H and O–H groups in total. The molecule has 0 bridgehead atoms. The van der Waals surface area contributed by atoms with E-state index in [0.29, 0.717) is 0 Å². The number of hydrogen-bond donors (Lipinski definition) is 0. The fourth-order valence-corrected chi connectivity index (χ4v) is 3.42. The van der Waals surface area contributed by atoms with Crippen LogP contribution in [-0.2, 0) is 13.1 Å². The topological polar surface area (TPSA) is 3.24 Å². The van der Waals surface area contributed by atoms with Crippen LogP contribution in [0.3, 0.4) is 0 Å². The monoisotopic (exact) mass is 267 g/mol. The molecule has 2 aromatic carbocycles. The Kier molecular flexibility index (Phi) is 5.13. The van der Waals surface area contributed by atoms with Gasteiger partial charge in [-0.05, 0) is 11.1 Å². The first-order valence-corrected chi connectivity index (χ1v) is 9.08. The van der Waals surface area contributed by atoms with Gasteiger partial charge in [0.05, 0.1) is 0 Å². The van der Waals surface area contributed by atoms with Gasteiger partial charge in [-0.25, -0.2) is 0 Å². The van der Waals surface area contributed by atoms with Crippen LogP contribution in [0.4, 0.5) is 0 Å². The van der Waals surface area contributed by atoms with Crippen molar-refractivity contribution in [2.75, 3.05) is 0 Å². The molecule has 2 heteroatoms. The molecule has 0 saturated carbocycles. The molecule has 0 aliphatic carbocycles. The van der Waals surface area contributed by atoms with Crippen LogP contribution in [0, 0.1) is 0 Å². The zero-order chi connectivity index (χ0) is 13.5. The molecule has 98 valence electrons. The molecule has 1 atom stereocenters. The van der Waals surface area contributed by atoms with Crippen LogP contribution >= 0.6 is 0 Å². The molecule has 0 aromatic heterocycles. The first-order chi connectivity index (χ1) is 9.29. The zero-order valence-electron chi connectivity index (χ0n) is 11.5. The van der Waals surface area contributed by atoms with Gasteiger partial charge in [0.1, 0.15) is 8.96 Å². The van der Waals surface area contributed by atoms with E-state index in [2.05, 4.69) is 84.1 Å². The third-order valence-electron chi connectivity index (χ3n) is 3.37. The molecule has 0 fully saturated rings. The first kappa shape index (κ1) is 13.8. The predicted molar refractivity (Wildman–Crippen MR) is 85.3 cm³/mol. The number of nitrogens with zero attached hydrogens (tertiary/aromatic N) is 1. The van der Waals surface area contributed by atoms with E-state index in [1.165, 1.54) is 11.1 Å². The van der Waals surface area contributed by atoms with Crippen molar-refractivity contribution in [2.45, 2.75) is 19.6 Å². The Morgan fingerprint density at radius 3 is 1.68 bits per heavy atom. The summed E-state index contributed by atoms with van der Waals surface area (Å²) in [4.78, 5) is 0. The molecule has 19 heavy (non-hydrogen) atoms. The van der Waals surface area contributed by atoms with Crippen molar-refractivity contribution in [3.05, 3.63) is 84.1 Å². The molecule has 0 amide bonds. The van der Waals surface area contributed by atoms with Crippen molar-refractivity contribution < 1.29 is 0 Å². The van der Waals surface area contributed by atoms with Gasteiger partial charge < -0.3 is 4.57 Å². The molecule has 2 aromatic rings. The normalized spacial score (nSPS) is 12.3. The van der Waals surface area contributed by atoms with Gasteiger partial charge in [-0.15, -0.1) is 6.58 Å². The molecule has 1 nitrogen and oxygen atoms in total. The zero-order valence-corrected chi connectivity index (χ0v) is 12.7. The van der Waals surface area contributed by atoms with E-state index in [4.69, 9.17) is 0 Å². The van der Waals surface area contributed by atoms with E-state index >= 15 is 0 Å². The standard InChI is InChI=1S/C17H21NSi/c1-3-19(2)18(14-16-10-6-4-7-11-16)15-17-12-8-5-9-13-17/h3-13,19H,1,14-15H2,2H3. The highest BCUT2D eigenvalue weighted by molar-refractivity contribution is 6.59. The van der Waals surface area contributed by atoms with Gasteiger partial charge in [0.25, 0.3) is 0 Å². The number of benzene rings is 2. The van der Waals surface area contributed by atoms with Crippen LogP contribution in [0.15, 0.2) is 72.9 Å². The summed E-state index contributed by atoms with van der Waals surface area (Å²) in [6, 6.07) is 21.4. The Bertz CT molecular complexity index is 454. The van der Waals surface area contributed by atoms with E-state index in [1.54, 1.807) is 0 Å². The largest absolute Gasteiger partial charge is 0.315 e. The molecular formula is C17H21NSi. The fourth-order valence-electron chi connectivity index (χ4n) is 2.13. The van der Waals surface area contributed by atoms with Gasteiger partial charge in [0.15, 0.2) is 0 Å². The molecule has 0 saturated heterocycles. The highest BCUT2D eigenvalue weighted by Gasteiger charge is 2.13. The van der Waals surface area contributed by atoms with Gasteiger partial charge in [-0.2, -0.15) is 0 Å². The molecule has 0 heterocycles. The third-order valence-corrected chi connectivity index (χ3v) is 5.57. The van der Waals surface area contributed by atoms with Crippen molar-refractivity contribution in [3.8, 4) is 0 Å². The summed E-state index contributed by atoms with van der Waals surface area (Å²) in [5, 5.41) is 0. The summed E-state index contributed by atoms with van der Waals surface area (Å²) >= 11 is 0. The molecule has 0 spiro atoms. The lowest BCUT2D eigenvalue weighted by Crippen LogP contribution is -2.34. The maximum absolute atomic E-state index is 3.98. The minimum absolute atomic E-state index is 1.01. The van der Waals surface area contributed by atoms with Crippen molar-refractivity contribution in [3.63, 3.8) is 0 Å². The third kappa shape index (κ3) is 4.19. The molecule has 2 rings (SSSR count). The van der Waals surface area contributed by atoms with Crippen molar-refractivity contribution in [1.82, 2.24) is 4.57 Å². The average molecular weight is 267 g/mol. The summed E-state index contributed by atoms with van der Waals surface area (Å²) < 4.78 is 2.57. The molecule has 0 aliphatic heterocycles. The summed E-state index contributed by atoms with van der Waals surface area (Å²) in [7, 11) is -1.04. The average Bonchev–Trinajstić information content (AvgIpc) is 2.48. The van der Waals surface area contributed by atoms with Crippen LogP contribution in [-0.4, -0.2) is 13.5 Å². The SMILES string of the molecule is C=C[SiH](C)N(Cc1ccccc1)Cc1ccccc1. The number of rotatable bonds is 6. The summed E-state index contributed by atoms with van der Waals surface area (Å²) in [6.45, 7) is 8.34. The van der Waals surface area contributed by atoms with E-state index in [1.807, 2.05) is 0 Å². The van der Waals surface area contributed by atoms with Crippen molar-refractivity contribution in [1.29, 1.82) is 0 Å². The van der Waals surface area contributed by atoms with Gasteiger partial charge in [0.2, 0.25) is 0 Å². The Morgan fingerprint density at radius 2 is 1.32 bits per heavy atom. The molecular weight excluding hydrogens is 246 g/mol. The number of hydrogen-bond acceptors (Lipinski definition) is 1. The summed E-state index contributed by atoms with van der Waals surface area (Å²) in [6.07, 6.45) is 0. The fraction of sp³-hybridized carbons (Fsp3) is 0.176. The molecule has 0 radical (unpaired) electrons. The second kappa shape index (κ2) is 7.07. The second-order valence-electron chi connectivity index (χ2n) is 4.85. The second-order valence-corrected chi connectivity index (χ2v) is 7.54. The maximum Gasteiger partial charge on any atom is 0.133 e. The Balaban J connectivity index is 2.10. The van der Waals surface area contributed by atoms with E-state index in [0.717, 1.165) is 13.1 Å². The van der Waals surface area contributed by atoms with E-state index < -0.39 is 8.96 Å². The molecule has 0 aliphatic rings. The smallest absolute Gasteiger partial charge is 0.133 e. The maximum atomic E-state index is 3.98. The lowest BCUT2D eigenvalue weighted by molar-refractivity contribution is 0.426. The van der Waals surface area contributed by atoms with Gasteiger partial charge in [0, 0.05) is 13.1 Å². The van der Waals surface area contributed by atoms with Crippen molar-refractivity contribution in [2.24, 2.45) is 0 Å². The van der Waals surface area contributed by atoms with E-state index in [9.17, 15) is 0 Å². The molecule has 1 unspecified atom stereocenters. The van der Waals surface area contributed by atoms with Crippen LogP contribution in [0.1, 0.15) is 11.1 Å². The van der Waals surface area contributed by atoms with Gasteiger partial charge >= 0.3 is 0 Å². The Morgan fingerprint density at radius 1 is 0.895 bits per heavy atom. The minimum Gasteiger partial charge on any atom is -0.315 e. The lowest BCUT2D eigenvalue weighted by atomic mass is 10.2. The van der Waals surface area contributed by atoms with Crippen molar-refractivity contribution >= 4 is 8.96 Å². The quantitative estimate of drug-likeness (QED) is 0.720. The van der Waals surface area contributed by atoms with Crippen LogP contribution in [0.2, 0.25) is 6.55 Å². The predicted octanol–water partition coefficient (Wildman–Crippen LogP) is 3.77. The lowest BCUT2D eigenvalue weighted by Gasteiger charge is -2.26. The first-order valence-electron chi connectivity index (χ1n) is 6.74.